The molecule has 0 radical (unpaired) electrons. The first-order valence-corrected chi connectivity index (χ1v) is 7.91. The molecule has 134 valence electrons. The molecule has 3 rings (SSSR count). The van der Waals surface area contributed by atoms with Crippen molar-refractivity contribution in [3.8, 4) is 0 Å². The van der Waals surface area contributed by atoms with Gasteiger partial charge in [-0.3, -0.25) is 14.6 Å². The van der Waals surface area contributed by atoms with Crippen molar-refractivity contribution >= 4 is 42.3 Å². The lowest BCUT2D eigenvalue weighted by Crippen LogP contribution is -2.40. The molecule has 2 unspecified atom stereocenters. The number of hydrogen-bond acceptors (Lipinski definition) is 4. The summed E-state index contributed by atoms with van der Waals surface area (Å²) in [5.41, 5.74) is 0.636. The molecule has 0 aromatic carbocycles. The summed E-state index contributed by atoms with van der Waals surface area (Å²) in [6.07, 6.45) is 8.35. The van der Waals surface area contributed by atoms with Gasteiger partial charge in [0.1, 0.15) is 0 Å². The average Bonchev–Trinajstić information content (AvgIpc) is 2.85. The van der Waals surface area contributed by atoms with Gasteiger partial charge in [-0.05, 0) is 43.7 Å². The Morgan fingerprint density at radius 2 is 1.88 bits per heavy atom. The number of hydrogen-bond donors (Lipinski definition) is 3. The van der Waals surface area contributed by atoms with Gasteiger partial charge in [0, 0.05) is 24.7 Å². The predicted octanol–water partition coefficient (Wildman–Crippen LogP) is 1.90. The Balaban J connectivity index is 0.00000144. The number of pyridine rings is 1. The molecule has 2 atom stereocenters. The summed E-state index contributed by atoms with van der Waals surface area (Å²) in [7, 11) is 0. The molecule has 2 bridgehead atoms. The van der Waals surface area contributed by atoms with Crippen molar-refractivity contribution < 1.29 is 9.59 Å². The minimum absolute atomic E-state index is 0. The smallest absolute Gasteiger partial charge is 0.243 e. The van der Waals surface area contributed by atoms with Gasteiger partial charge in [-0.15, -0.1) is 24.8 Å². The van der Waals surface area contributed by atoms with Gasteiger partial charge in [-0.2, -0.15) is 0 Å². The molecule has 2 fully saturated rings. The molecule has 2 amide bonds. The Bertz CT molecular complexity index is 532. The van der Waals surface area contributed by atoms with E-state index in [1.54, 1.807) is 24.5 Å². The number of nitrogens with one attached hydrogen (secondary N) is 3. The van der Waals surface area contributed by atoms with Crippen molar-refractivity contribution in [2.45, 2.75) is 44.2 Å². The Morgan fingerprint density at radius 1 is 1.17 bits per heavy atom. The highest BCUT2D eigenvalue weighted by Gasteiger charge is 2.34. The van der Waals surface area contributed by atoms with Gasteiger partial charge in [0.25, 0.3) is 0 Å². The summed E-state index contributed by atoms with van der Waals surface area (Å²) < 4.78 is 0. The number of piperidine rings is 1. The number of halogens is 2. The van der Waals surface area contributed by atoms with Gasteiger partial charge in [0.2, 0.25) is 11.8 Å². The van der Waals surface area contributed by atoms with Gasteiger partial charge in [0.15, 0.2) is 0 Å². The first kappa shape index (κ1) is 20.7. The molecule has 0 aliphatic carbocycles. The molecule has 2 saturated heterocycles. The second-order valence-electron chi connectivity index (χ2n) is 6.25. The van der Waals surface area contributed by atoms with Gasteiger partial charge >= 0.3 is 0 Å². The minimum atomic E-state index is -0.230. The molecule has 24 heavy (non-hydrogen) atoms. The van der Waals surface area contributed by atoms with E-state index in [1.807, 2.05) is 0 Å². The molecule has 0 spiro atoms. The van der Waals surface area contributed by atoms with Crippen molar-refractivity contribution in [2.75, 3.05) is 11.9 Å². The summed E-state index contributed by atoms with van der Waals surface area (Å²) in [6, 6.07) is 4.69. The Labute approximate surface area is 154 Å². The molecule has 6 nitrogen and oxygen atoms in total. The lowest BCUT2D eigenvalue weighted by atomic mass is 9.89. The largest absolute Gasteiger partial charge is 0.347 e. The summed E-state index contributed by atoms with van der Waals surface area (Å²) in [5, 5.41) is 8.98. The van der Waals surface area contributed by atoms with Crippen LogP contribution in [0.4, 0.5) is 5.69 Å². The number of carbonyl (C=O) groups excluding carboxylic acids is 2. The summed E-state index contributed by atoms with van der Waals surface area (Å²) in [4.78, 5) is 27.7. The van der Waals surface area contributed by atoms with Crippen LogP contribution in [0.1, 0.15) is 32.1 Å². The molecular formula is C16H24Cl2N4O2. The van der Waals surface area contributed by atoms with Crippen molar-refractivity contribution in [1.82, 2.24) is 15.6 Å². The zero-order valence-corrected chi connectivity index (χ0v) is 15.0. The highest BCUT2D eigenvalue weighted by molar-refractivity contribution is 5.94. The molecule has 0 saturated carbocycles. The average molecular weight is 375 g/mol. The highest BCUT2D eigenvalue weighted by Crippen LogP contribution is 2.32. The minimum Gasteiger partial charge on any atom is -0.347 e. The third-order valence-electron chi connectivity index (χ3n) is 4.44. The maximum Gasteiger partial charge on any atom is 0.243 e. The fourth-order valence-corrected chi connectivity index (χ4v) is 3.50. The molecule has 8 heteroatoms. The monoisotopic (exact) mass is 374 g/mol. The summed E-state index contributed by atoms with van der Waals surface area (Å²) >= 11 is 0. The topological polar surface area (TPSA) is 83.1 Å². The summed E-state index contributed by atoms with van der Waals surface area (Å²) in [6.45, 7) is 0.00551. The third-order valence-corrected chi connectivity index (χ3v) is 4.44. The number of amides is 2. The fraction of sp³-hybridized carbons (Fsp3) is 0.562. The van der Waals surface area contributed by atoms with Crippen LogP contribution in [0.15, 0.2) is 24.5 Å². The van der Waals surface area contributed by atoms with Crippen LogP contribution in [0.3, 0.4) is 0 Å². The lowest BCUT2D eigenvalue weighted by Gasteiger charge is -2.28. The predicted molar refractivity (Wildman–Crippen MR) is 97.7 cm³/mol. The van der Waals surface area contributed by atoms with E-state index in [0.29, 0.717) is 30.1 Å². The van der Waals surface area contributed by atoms with Crippen molar-refractivity contribution in [2.24, 2.45) is 5.92 Å². The van der Waals surface area contributed by atoms with E-state index in [0.717, 1.165) is 12.8 Å². The zero-order chi connectivity index (χ0) is 15.4. The van der Waals surface area contributed by atoms with Crippen LogP contribution in [0.5, 0.6) is 0 Å². The quantitative estimate of drug-likeness (QED) is 0.734. The normalized spacial score (nSPS) is 24.2. The Kier molecular flexibility index (Phi) is 8.45. The van der Waals surface area contributed by atoms with Crippen molar-refractivity contribution in [3.05, 3.63) is 24.5 Å². The van der Waals surface area contributed by atoms with Crippen LogP contribution >= 0.6 is 24.8 Å². The molecule has 3 heterocycles. The molecular weight excluding hydrogens is 351 g/mol. The molecule has 1 aromatic rings. The first-order chi connectivity index (χ1) is 10.7. The fourth-order valence-electron chi connectivity index (χ4n) is 3.50. The summed E-state index contributed by atoms with van der Waals surface area (Å²) in [5.74, 6) is 0.180. The number of aromatic nitrogens is 1. The number of nitrogens with zero attached hydrogens (tertiary/aromatic N) is 1. The van der Waals surface area contributed by atoms with E-state index in [9.17, 15) is 9.59 Å². The third kappa shape index (κ3) is 5.92. The highest BCUT2D eigenvalue weighted by atomic mass is 35.5. The van der Waals surface area contributed by atoms with Crippen LogP contribution in [-0.4, -0.2) is 35.4 Å². The molecule has 2 aliphatic heterocycles. The first-order valence-electron chi connectivity index (χ1n) is 7.91. The standard InChI is InChI=1S/C16H22N4O2.2ClH/c21-15(8-11-6-12-3-4-13(7-11)19-12)18-10-16(22)20-14-2-1-5-17-9-14;;/h1-2,5,9,11-13,19H,3-4,6-8,10H2,(H,18,21)(H,20,22);2*1H. The van der Waals surface area contributed by atoms with Crippen LogP contribution in [0, 0.1) is 5.92 Å². The number of carbonyl (C=O) groups is 2. The van der Waals surface area contributed by atoms with Gasteiger partial charge in [-0.1, -0.05) is 0 Å². The number of anilines is 1. The Morgan fingerprint density at radius 3 is 2.50 bits per heavy atom. The zero-order valence-electron chi connectivity index (χ0n) is 13.4. The van der Waals surface area contributed by atoms with Crippen LogP contribution < -0.4 is 16.0 Å². The van der Waals surface area contributed by atoms with Crippen LogP contribution in [0.2, 0.25) is 0 Å². The van der Waals surface area contributed by atoms with Gasteiger partial charge in [-0.25, -0.2) is 0 Å². The van der Waals surface area contributed by atoms with Crippen molar-refractivity contribution in [1.29, 1.82) is 0 Å². The number of rotatable bonds is 5. The van der Waals surface area contributed by atoms with E-state index < -0.39 is 0 Å². The SMILES string of the molecule is Cl.Cl.O=C(CC1CC2CCC(C1)N2)NCC(=O)Nc1cccnc1. The van der Waals surface area contributed by atoms with Gasteiger partial charge in [0.05, 0.1) is 18.4 Å². The second kappa shape index (κ2) is 9.81. The van der Waals surface area contributed by atoms with Crippen molar-refractivity contribution in [3.63, 3.8) is 0 Å². The molecule has 1 aromatic heterocycles. The van der Waals surface area contributed by atoms with Crippen LogP contribution in [0.25, 0.3) is 0 Å². The van der Waals surface area contributed by atoms with E-state index in [4.69, 9.17) is 0 Å². The molecule has 3 N–H and O–H groups in total. The van der Waals surface area contributed by atoms with E-state index in [-0.39, 0.29) is 43.2 Å². The van der Waals surface area contributed by atoms with E-state index in [1.165, 1.54) is 12.8 Å². The second-order valence-corrected chi connectivity index (χ2v) is 6.25. The van der Waals surface area contributed by atoms with Gasteiger partial charge < -0.3 is 16.0 Å². The van der Waals surface area contributed by atoms with E-state index in [2.05, 4.69) is 20.9 Å². The Hall–Kier alpha value is -1.37. The molecule has 2 aliphatic rings. The van der Waals surface area contributed by atoms with E-state index >= 15 is 0 Å². The maximum absolute atomic E-state index is 12.0. The number of fused-ring (bicyclic) bond motifs is 2. The lowest BCUT2D eigenvalue weighted by molar-refractivity contribution is -0.125. The van der Waals surface area contributed by atoms with Crippen LogP contribution in [-0.2, 0) is 9.59 Å². The maximum atomic E-state index is 12.0.